The quantitative estimate of drug-likeness (QED) is 0.703. The molecule has 1 aliphatic rings. The van der Waals surface area contributed by atoms with E-state index in [0.717, 1.165) is 19.3 Å². The summed E-state index contributed by atoms with van der Waals surface area (Å²) in [5.41, 5.74) is 0. The highest BCUT2D eigenvalue weighted by atomic mass is 29.6. The van der Waals surface area contributed by atoms with Crippen LogP contribution in [0.15, 0.2) is 0 Å². The topological polar surface area (TPSA) is 17.1 Å². The van der Waals surface area contributed by atoms with Crippen molar-refractivity contribution in [3.63, 3.8) is 0 Å². The van der Waals surface area contributed by atoms with Gasteiger partial charge in [0.1, 0.15) is 5.78 Å². The number of carbonyl (C=O) groups excluding carboxylic acids is 1. The van der Waals surface area contributed by atoms with Gasteiger partial charge in [-0.25, -0.2) is 0 Å². The first-order valence-electron chi connectivity index (χ1n) is 6.62. The highest BCUT2D eigenvalue weighted by Crippen LogP contribution is 2.23. The maximum Gasteiger partial charge on any atom is 0.132 e. The first-order chi connectivity index (χ1) is 7.72. The minimum Gasteiger partial charge on any atom is -0.300 e. The van der Waals surface area contributed by atoms with E-state index in [4.69, 9.17) is 0 Å². The van der Waals surface area contributed by atoms with Gasteiger partial charge in [0, 0.05) is 38.0 Å². The molecule has 0 aromatic carbocycles. The second kappa shape index (κ2) is 7.61. The van der Waals surface area contributed by atoms with Crippen LogP contribution in [-0.2, 0) is 4.79 Å². The van der Waals surface area contributed by atoms with E-state index in [9.17, 15) is 4.79 Å². The minimum absolute atomic E-state index is 0.520. The monoisotopic (exact) mass is 268 g/mol. The summed E-state index contributed by atoms with van der Waals surface area (Å²) in [5.74, 6) is 0.520. The maximum atomic E-state index is 11.5. The molecule has 1 heterocycles. The molecule has 0 aromatic rings. The van der Waals surface area contributed by atoms with E-state index in [0.29, 0.717) is 5.78 Å². The fourth-order valence-corrected chi connectivity index (χ4v) is 13.9. The van der Waals surface area contributed by atoms with Crippen molar-refractivity contribution in [3.8, 4) is 0 Å². The van der Waals surface area contributed by atoms with Crippen molar-refractivity contribution in [2.45, 2.75) is 70.1 Å². The van der Waals surface area contributed by atoms with E-state index < -0.39 is 7.11 Å². The van der Waals surface area contributed by atoms with Crippen molar-refractivity contribution < 1.29 is 4.79 Å². The van der Waals surface area contributed by atoms with Crippen molar-refractivity contribution in [3.05, 3.63) is 0 Å². The zero-order valence-corrected chi connectivity index (χ0v) is 13.8. The van der Waals surface area contributed by atoms with Gasteiger partial charge in [0.2, 0.25) is 0 Å². The van der Waals surface area contributed by atoms with Gasteiger partial charge in [0.05, 0.1) is 0 Å². The molecule has 0 N–H and O–H groups in total. The summed E-state index contributed by atoms with van der Waals surface area (Å²) in [6, 6.07) is 3.05. The molecule has 4 heteroatoms. The predicted molar refractivity (Wildman–Crippen MR) is 75.9 cm³/mol. The lowest BCUT2D eigenvalue weighted by atomic mass is 10.1. The van der Waals surface area contributed by atoms with E-state index in [1.54, 1.807) is 6.04 Å². The minimum atomic E-state index is -0.868. The van der Waals surface area contributed by atoms with Crippen molar-refractivity contribution in [2.24, 2.45) is 0 Å². The summed E-state index contributed by atoms with van der Waals surface area (Å²) in [7, 11) is 1.58. The zero-order chi connectivity index (χ0) is 11.9. The summed E-state index contributed by atoms with van der Waals surface area (Å²) < 4.78 is 0. The molecule has 0 saturated carbocycles. The number of carbonyl (C=O) groups is 1. The smallest absolute Gasteiger partial charge is 0.132 e. The summed E-state index contributed by atoms with van der Waals surface area (Å²) in [5, 5.41) is 0. The summed E-state index contributed by atoms with van der Waals surface area (Å²) in [6.45, 7) is 4.88. The average Bonchev–Trinajstić information content (AvgIpc) is 2.35. The Hall–Kier alpha value is 0.321. The van der Waals surface area contributed by atoms with E-state index >= 15 is 0 Å². The SMILES string of the molecule is C[Si][Si]1([Si]C)CCCCCC(=O)CCCC1. The number of Topliss-reactive ketones (excluding diaryl/α,β-unsaturated/α-hetero) is 1. The maximum absolute atomic E-state index is 11.5. The number of hydrogen-bond acceptors (Lipinski definition) is 1. The van der Waals surface area contributed by atoms with Gasteiger partial charge in [-0.05, 0) is 12.8 Å². The Morgan fingerprint density at radius 2 is 1.38 bits per heavy atom. The van der Waals surface area contributed by atoms with Crippen molar-refractivity contribution in [1.29, 1.82) is 0 Å². The Balaban J connectivity index is 2.51. The highest BCUT2D eigenvalue weighted by Gasteiger charge is 2.28. The van der Waals surface area contributed by atoms with Crippen LogP contribution in [0.2, 0.25) is 25.2 Å². The van der Waals surface area contributed by atoms with E-state index in [1.165, 1.54) is 49.8 Å². The van der Waals surface area contributed by atoms with Gasteiger partial charge >= 0.3 is 0 Å². The van der Waals surface area contributed by atoms with E-state index in [1.807, 2.05) is 0 Å². The lowest BCUT2D eigenvalue weighted by molar-refractivity contribution is -0.119. The third-order valence-corrected chi connectivity index (χ3v) is 21.4. The van der Waals surface area contributed by atoms with Crippen LogP contribution in [0.3, 0.4) is 0 Å². The van der Waals surface area contributed by atoms with Crippen LogP contribution in [0.4, 0.5) is 0 Å². The van der Waals surface area contributed by atoms with Crippen LogP contribution in [0, 0.1) is 0 Å². The molecule has 0 aliphatic carbocycles. The van der Waals surface area contributed by atoms with Crippen molar-refractivity contribution in [1.82, 2.24) is 0 Å². The summed E-state index contributed by atoms with van der Waals surface area (Å²) in [6.07, 6.45) is 8.09. The lowest BCUT2D eigenvalue weighted by Crippen LogP contribution is -2.46. The van der Waals surface area contributed by atoms with Gasteiger partial charge in [-0.1, -0.05) is 44.4 Å². The third kappa shape index (κ3) is 4.67. The Morgan fingerprint density at radius 3 is 1.94 bits per heavy atom. The van der Waals surface area contributed by atoms with Crippen LogP contribution < -0.4 is 0 Å². The molecule has 16 heavy (non-hydrogen) atoms. The van der Waals surface area contributed by atoms with Gasteiger partial charge in [-0.2, -0.15) is 0 Å². The molecule has 1 saturated heterocycles. The van der Waals surface area contributed by atoms with Crippen LogP contribution >= 0.6 is 0 Å². The van der Waals surface area contributed by atoms with Gasteiger partial charge in [-0.15, -0.1) is 0 Å². The molecular weight excluding hydrogens is 244 g/mol. The third-order valence-electron chi connectivity index (χ3n) is 3.83. The molecule has 0 spiro atoms. The number of rotatable bonds is 2. The zero-order valence-electron chi connectivity index (χ0n) is 10.8. The lowest BCUT2D eigenvalue weighted by Gasteiger charge is -2.28. The molecular formula is C12H24OSi3. The molecule has 1 nitrogen and oxygen atoms in total. The molecule has 4 radical (unpaired) electrons. The van der Waals surface area contributed by atoms with Crippen molar-refractivity contribution >= 4 is 31.0 Å². The molecule has 0 atom stereocenters. The summed E-state index contributed by atoms with van der Waals surface area (Å²) in [4.78, 5) is 11.5. The fraction of sp³-hybridized carbons (Fsp3) is 0.917. The van der Waals surface area contributed by atoms with Gasteiger partial charge in [-0.3, -0.25) is 4.79 Å². The van der Waals surface area contributed by atoms with E-state index in [-0.39, 0.29) is 0 Å². The van der Waals surface area contributed by atoms with E-state index in [2.05, 4.69) is 13.1 Å². The predicted octanol–water partition coefficient (Wildman–Crippen LogP) is 3.25. The Kier molecular flexibility index (Phi) is 6.84. The van der Waals surface area contributed by atoms with Crippen LogP contribution in [0.1, 0.15) is 44.9 Å². The fourth-order valence-electron chi connectivity index (χ4n) is 2.55. The molecule has 0 bridgehead atoms. The first-order valence-corrected chi connectivity index (χ1v) is 14.0. The average molecular weight is 269 g/mol. The van der Waals surface area contributed by atoms with Gasteiger partial charge in [0.15, 0.2) is 0 Å². The molecule has 0 amide bonds. The standard InChI is InChI=1S/C12H24OSi3/c1-14-16(15-2)10-6-3-4-8-12(13)9-5-7-11-16/h3-11H2,1-2H3. The van der Waals surface area contributed by atoms with Crippen molar-refractivity contribution in [2.75, 3.05) is 0 Å². The Labute approximate surface area is 106 Å². The van der Waals surface area contributed by atoms with Crippen LogP contribution in [0.5, 0.6) is 0 Å². The first kappa shape index (κ1) is 14.4. The highest BCUT2D eigenvalue weighted by molar-refractivity contribution is 7.50. The second-order valence-corrected chi connectivity index (χ2v) is 19.3. The Morgan fingerprint density at radius 1 is 0.875 bits per heavy atom. The van der Waals surface area contributed by atoms with Crippen LogP contribution in [-0.4, -0.2) is 31.0 Å². The Bertz CT molecular complexity index is 214. The largest absolute Gasteiger partial charge is 0.300 e. The van der Waals surface area contributed by atoms with Gasteiger partial charge in [0.25, 0.3) is 0 Å². The second-order valence-electron chi connectivity index (χ2n) is 4.89. The van der Waals surface area contributed by atoms with Gasteiger partial charge < -0.3 is 0 Å². The number of ketones is 1. The molecule has 1 rings (SSSR count). The summed E-state index contributed by atoms with van der Waals surface area (Å²) >= 11 is 0. The molecule has 0 unspecified atom stereocenters. The molecule has 90 valence electrons. The normalized spacial score (nSPS) is 23.8. The molecule has 0 aromatic heterocycles. The molecule has 1 fully saturated rings. The number of hydrogen-bond donors (Lipinski definition) is 0. The van der Waals surface area contributed by atoms with Crippen LogP contribution in [0.25, 0.3) is 0 Å². The molecule has 1 aliphatic heterocycles.